The van der Waals surface area contributed by atoms with Crippen LogP contribution in [0.3, 0.4) is 0 Å². The lowest BCUT2D eigenvalue weighted by Gasteiger charge is -2.08. The van der Waals surface area contributed by atoms with Gasteiger partial charge in [0.1, 0.15) is 5.75 Å². The molecule has 154 valence electrons. The summed E-state index contributed by atoms with van der Waals surface area (Å²) in [7, 11) is 0. The van der Waals surface area contributed by atoms with E-state index in [4.69, 9.17) is 32.4 Å². The minimum atomic E-state index is -0.504. The third-order valence-electron chi connectivity index (χ3n) is 4.16. The van der Waals surface area contributed by atoms with E-state index >= 15 is 0 Å². The highest BCUT2D eigenvalue weighted by Crippen LogP contribution is 2.28. The number of ether oxygens (including phenoxy) is 1. The summed E-state index contributed by atoms with van der Waals surface area (Å²) >= 11 is 13.2. The number of halogens is 2. The predicted octanol–water partition coefficient (Wildman–Crippen LogP) is 5.35. The van der Waals surface area contributed by atoms with Crippen LogP contribution in [0.15, 0.2) is 51.0 Å². The van der Waals surface area contributed by atoms with Crippen LogP contribution >= 0.6 is 34.5 Å². The fourth-order valence-corrected chi connectivity index (χ4v) is 3.96. The Kier molecular flexibility index (Phi) is 6.08. The number of fused-ring (bicyclic) bond motifs is 1. The van der Waals surface area contributed by atoms with Crippen LogP contribution in [-0.4, -0.2) is 22.5 Å². The van der Waals surface area contributed by atoms with Gasteiger partial charge in [-0.05, 0) is 42.8 Å². The highest BCUT2D eigenvalue weighted by molar-refractivity contribution is 7.14. The zero-order valence-electron chi connectivity index (χ0n) is 15.4. The fourth-order valence-electron chi connectivity index (χ4n) is 2.76. The first kappa shape index (κ1) is 20.5. The number of oxazole rings is 1. The SMILES string of the molecule is O=C(CCCOc1ccc(Cl)cc1Cl)Nc1nc(-c2ccc3oc(=O)[nH]c3c2)cs1. The maximum Gasteiger partial charge on any atom is 0.417 e. The zero-order valence-corrected chi connectivity index (χ0v) is 17.7. The second-order valence-corrected chi connectivity index (χ2v) is 8.04. The molecule has 0 aliphatic carbocycles. The number of carbonyl (C=O) groups is 1. The van der Waals surface area contributed by atoms with Gasteiger partial charge in [0, 0.05) is 22.4 Å². The highest BCUT2D eigenvalue weighted by atomic mass is 35.5. The van der Waals surface area contributed by atoms with E-state index in [-0.39, 0.29) is 12.3 Å². The maximum absolute atomic E-state index is 12.2. The summed E-state index contributed by atoms with van der Waals surface area (Å²) in [5.41, 5.74) is 2.58. The fraction of sp³-hybridized carbons (Fsp3) is 0.150. The Bertz CT molecular complexity index is 1260. The van der Waals surface area contributed by atoms with Crippen LogP contribution in [0.2, 0.25) is 10.0 Å². The Morgan fingerprint density at radius 3 is 2.93 bits per heavy atom. The molecule has 1 amide bonds. The molecule has 2 N–H and O–H groups in total. The van der Waals surface area contributed by atoms with Crippen LogP contribution in [0, 0.1) is 0 Å². The third-order valence-corrected chi connectivity index (χ3v) is 5.45. The molecule has 0 aliphatic rings. The number of anilines is 1. The molecular weight excluding hydrogens is 449 g/mol. The number of aromatic nitrogens is 2. The molecule has 0 saturated heterocycles. The van der Waals surface area contributed by atoms with Crippen molar-refractivity contribution in [3.8, 4) is 17.0 Å². The van der Waals surface area contributed by atoms with E-state index in [2.05, 4.69) is 15.3 Å². The van der Waals surface area contributed by atoms with Crippen LogP contribution in [0.4, 0.5) is 5.13 Å². The maximum atomic E-state index is 12.2. The number of nitrogens with one attached hydrogen (secondary N) is 2. The van der Waals surface area contributed by atoms with Crippen molar-refractivity contribution in [3.05, 3.63) is 62.4 Å². The Labute approximate surface area is 184 Å². The van der Waals surface area contributed by atoms with E-state index in [9.17, 15) is 9.59 Å². The van der Waals surface area contributed by atoms with E-state index < -0.39 is 5.76 Å². The van der Waals surface area contributed by atoms with Crippen molar-refractivity contribution in [2.75, 3.05) is 11.9 Å². The van der Waals surface area contributed by atoms with Gasteiger partial charge in [-0.25, -0.2) is 9.78 Å². The molecule has 0 spiro atoms. The summed E-state index contributed by atoms with van der Waals surface area (Å²) in [6.07, 6.45) is 0.801. The van der Waals surface area contributed by atoms with Gasteiger partial charge >= 0.3 is 5.76 Å². The van der Waals surface area contributed by atoms with Gasteiger partial charge in [0.15, 0.2) is 10.7 Å². The van der Waals surface area contributed by atoms with Gasteiger partial charge in [-0.2, -0.15) is 0 Å². The molecule has 0 atom stereocenters. The average Bonchev–Trinajstić information content (AvgIpc) is 3.31. The molecular formula is C20H15Cl2N3O4S. The normalized spacial score (nSPS) is 11.0. The zero-order chi connectivity index (χ0) is 21.1. The van der Waals surface area contributed by atoms with Gasteiger partial charge in [-0.3, -0.25) is 9.78 Å². The molecule has 10 heteroatoms. The van der Waals surface area contributed by atoms with E-state index in [0.717, 1.165) is 5.56 Å². The molecule has 0 bridgehead atoms. The molecule has 2 aromatic heterocycles. The third kappa shape index (κ3) is 4.84. The van der Waals surface area contributed by atoms with E-state index in [0.29, 0.717) is 50.7 Å². The largest absolute Gasteiger partial charge is 0.492 e. The number of rotatable bonds is 7. The molecule has 30 heavy (non-hydrogen) atoms. The summed E-state index contributed by atoms with van der Waals surface area (Å²) in [5.74, 6) is -0.131. The van der Waals surface area contributed by atoms with E-state index in [1.54, 1.807) is 36.4 Å². The molecule has 0 saturated carbocycles. The number of nitrogens with zero attached hydrogens (tertiary/aromatic N) is 1. The minimum Gasteiger partial charge on any atom is -0.492 e. The van der Waals surface area contributed by atoms with Crippen molar-refractivity contribution in [1.29, 1.82) is 0 Å². The first-order valence-corrected chi connectivity index (χ1v) is 10.6. The number of benzene rings is 2. The average molecular weight is 464 g/mol. The molecule has 0 radical (unpaired) electrons. The number of thiazole rings is 1. The highest BCUT2D eigenvalue weighted by Gasteiger charge is 2.10. The quantitative estimate of drug-likeness (QED) is 0.360. The van der Waals surface area contributed by atoms with Crippen molar-refractivity contribution in [2.24, 2.45) is 0 Å². The van der Waals surface area contributed by atoms with Gasteiger partial charge in [0.05, 0.1) is 22.8 Å². The molecule has 0 fully saturated rings. The first-order valence-electron chi connectivity index (χ1n) is 8.94. The lowest BCUT2D eigenvalue weighted by molar-refractivity contribution is -0.116. The summed E-state index contributed by atoms with van der Waals surface area (Å²) in [6, 6.07) is 10.3. The lowest BCUT2D eigenvalue weighted by atomic mass is 10.1. The van der Waals surface area contributed by atoms with Crippen molar-refractivity contribution < 1.29 is 13.9 Å². The van der Waals surface area contributed by atoms with Gasteiger partial charge in [0.2, 0.25) is 5.91 Å². The van der Waals surface area contributed by atoms with Gasteiger partial charge in [-0.1, -0.05) is 23.2 Å². The van der Waals surface area contributed by atoms with Crippen LogP contribution in [0.5, 0.6) is 5.75 Å². The number of carbonyl (C=O) groups excluding carboxylic acids is 1. The molecule has 0 aliphatic heterocycles. The second kappa shape index (κ2) is 8.91. The van der Waals surface area contributed by atoms with E-state index in [1.165, 1.54) is 11.3 Å². The lowest BCUT2D eigenvalue weighted by Crippen LogP contribution is -2.12. The summed E-state index contributed by atoms with van der Waals surface area (Å²) in [4.78, 5) is 30.5. The predicted molar refractivity (Wildman–Crippen MR) is 118 cm³/mol. The number of hydrogen-bond acceptors (Lipinski definition) is 6. The molecule has 2 aromatic carbocycles. The van der Waals surface area contributed by atoms with Crippen molar-refractivity contribution >= 4 is 56.7 Å². The molecule has 4 rings (SSSR count). The summed E-state index contributed by atoms with van der Waals surface area (Å²) in [5, 5.41) is 6.08. The van der Waals surface area contributed by atoms with Crippen LogP contribution in [0.1, 0.15) is 12.8 Å². The first-order chi connectivity index (χ1) is 14.5. The van der Waals surface area contributed by atoms with Crippen LogP contribution in [0.25, 0.3) is 22.4 Å². The number of amides is 1. The topological polar surface area (TPSA) is 97.2 Å². The molecule has 4 aromatic rings. The van der Waals surface area contributed by atoms with Crippen molar-refractivity contribution in [3.63, 3.8) is 0 Å². The number of H-pyrrole nitrogens is 1. The Morgan fingerprint density at radius 2 is 2.10 bits per heavy atom. The summed E-state index contributed by atoms with van der Waals surface area (Å²) < 4.78 is 10.6. The van der Waals surface area contributed by atoms with Crippen LogP contribution in [-0.2, 0) is 4.79 Å². The van der Waals surface area contributed by atoms with Gasteiger partial charge < -0.3 is 14.5 Å². The Morgan fingerprint density at radius 1 is 1.23 bits per heavy atom. The van der Waals surface area contributed by atoms with Crippen molar-refractivity contribution in [1.82, 2.24) is 9.97 Å². The Hall–Kier alpha value is -2.81. The second-order valence-electron chi connectivity index (χ2n) is 6.34. The Balaban J connectivity index is 1.29. The number of hydrogen-bond donors (Lipinski definition) is 2. The van der Waals surface area contributed by atoms with Crippen LogP contribution < -0.4 is 15.8 Å². The molecule has 0 unspecified atom stereocenters. The standard InChI is InChI=1S/C20H15Cl2N3O4S/c21-12-4-6-16(13(22)9-12)28-7-1-2-18(26)25-19-23-15(10-30-19)11-3-5-17-14(8-11)24-20(27)29-17/h3-6,8-10H,1-2,7H2,(H,24,27)(H,23,25,26). The minimum absolute atomic E-state index is 0.156. The van der Waals surface area contributed by atoms with Gasteiger partial charge in [-0.15, -0.1) is 11.3 Å². The van der Waals surface area contributed by atoms with Gasteiger partial charge in [0.25, 0.3) is 0 Å². The van der Waals surface area contributed by atoms with E-state index in [1.807, 2.05) is 5.38 Å². The smallest absolute Gasteiger partial charge is 0.417 e. The molecule has 7 nitrogen and oxygen atoms in total. The number of aromatic amines is 1. The summed E-state index contributed by atoms with van der Waals surface area (Å²) in [6.45, 7) is 0.348. The monoisotopic (exact) mass is 463 g/mol. The van der Waals surface area contributed by atoms with Crippen molar-refractivity contribution in [2.45, 2.75) is 12.8 Å². The molecule has 2 heterocycles.